The lowest BCUT2D eigenvalue weighted by molar-refractivity contribution is 0.181. The molecule has 0 aliphatic heterocycles. The van der Waals surface area contributed by atoms with Gasteiger partial charge in [-0.3, -0.25) is 0 Å². The molecule has 0 fully saturated rings. The number of benzene rings is 1. The lowest BCUT2D eigenvalue weighted by atomic mass is 10.1. The fourth-order valence-corrected chi connectivity index (χ4v) is 3.70. The van der Waals surface area contributed by atoms with E-state index >= 15 is 0 Å². The molecule has 0 saturated carbocycles. The minimum absolute atomic E-state index is 0.295. The number of aryl methyl sites for hydroxylation is 2. The molecule has 5 nitrogen and oxygen atoms in total. The van der Waals surface area contributed by atoms with Crippen molar-refractivity contribution in [3.05, 3.63) is 49.4 Å². The van der Waals surface area contributed by atoms with Crippen LogP contribution in [-0.2, 0) is 6.54 Å². The van der Waals surface area contributed by atoms with Crippen molar-refractivity contribution < 1.29 is 5.11 Å². The normalized spacial score (nSPS) is 13.0. The number of halogens is 2. The molecule has 1 heterocycles. The molecular weight excluding hydrogens is 379 g/mol. The largest absolute Gasteiger partial charge is 0.387 e. The van der Waals surface area contributed by atoms with Crippen molar-refractivity contribution in [3.63, 3.8) is 0 Å². The first-order valence-electron chi connectivity index (χ1n) is 7.98. The molecule has 1 aromatic carbocycles. The van der Waals surface area contributed by atoms with Gasteiger partial charge in [0.15, 0.2) is 5.96 Å². The monoisotopic (exact) mass is 400 g/mol. The van der Waals surface area contributed by atoms with Crippen molar-refractivity contribution >= 4 is 40.5 Å². The number of guanidine groups is 1. The molecule has 0 radical (unpaired) electrons. The standard InChI is InChI=1S/C17H22Cl2N4OS/c1-4-20-17(22-9-16-10(2)23-11(3)25-16)21-8-15(24)12-5-13(18)7-14(19)6-12/h5-7,15,24H,4,8-9H2,1-3H3,(H2,20,21,22). The van der Waals surface area contributed by atoms with Gasteiger partial charge in [0.25, 0.3) is 0 Å². The SMILES string of the molecule is CCNC(=NCc1sc(C)nc1C)NCC(O)c1cc(Cl)cc(Cl)c1. The van der Waals surface area contributed by atoms with Crippen LogP contribution in [0.1, 0.15) is 34.2 Å². The lowest BCUT2D eigenvalue weighted by Gasteiger charge is -2.16. The third-order valence-corrected chi connectivity index (χ3v) is 4.95. The Balaban J connectivity index is 2.00. The number of thiazole rings is 1. The lowest BCUT2D eigenvalue weighted by Crippen LogP contribution is -2.39. The number of aliphatic imine (C=N–C) groups is 1. The molecule has 8 heteroatoms. The highest BCUT2D eigenvalue weighted by atomic mass is 35.5. The van der Waals surface area contributed by atoms with Gasteiger partial charge in [0.1, 0.15) is 0 Å². The Morgan fingerprint density at radius 3 is 2.48 bits per heavy atom. The Morgan fingerprint density at radius 2 is 1.92 bits per heavy atom. The van der Waals surface area contributed by atoms with Gasteiger partial charge in [-0.2, -0.15) is 0 Å². The predicted molar refractivity (Wildman–Crippen MR) is 106 cm³/mol. The smallest absolute Gasteiger partial charge is 0.191 e. The van der Waals surface area contributed by atoms with Crippen LogP contribution < -0.4 is 10.6 Å². The van der Waals surface area contributed by atoms with Gasteiger partial charge in [-0.05, 0) is 44.5 Å². The predicted octanol–water partition coefficient (Wildman–Crippen LogP) is 3.86. The van der Waals surface area contributed by atoms with Gasteiger partial charge >= 0.3 is 0 Å². The van der Waals surface area contributed by atoms with Crippen molar-refractivity contribution in [1.29, 1.82) is 0 Å². The second-order valence-corrected chi connectivity index (χ2v) is 7.70. The van der Waals surface area contributed by atoms with E-state index in [4.69, 9.17) is 23.2 Å². The van der Waals surface area contributed by atoms with E-state index < -0.39 is 6.10 Å². The number of hydrogen-bond donors (Lipinski definition) is 3. The van der Waals surface area contributed by atoms with Crippen LogP contribution in [0.2, 0.25) is 10.0 Å². The summed E-state index contributed by atoms with van der Waals surface area (Å²) in [5.74, 6) is 0.639. The number of nitrogens with zero attached hydrogens (tertiary/aromatic N) is 2. The van der Waals surface area contributed by atoms with Crippen molar-refractivity contribution in [1.82, 2.24) is 15.6 Å². The Hall–Kier alpha value is -1.34. The molecule has 0 amide bonds. The molecule has 3 N–H and O–H groups in total. The maximum atomic E-state index is 10.3. The van der Waals surface area contributed by atoms with Gasteiger partial charge in [-0.1, -0.05) is 23.2 Å². The Bertz CT molecular complexity index is 728. The number of aliphatic hydroxyl groups is 1. The highest BCUT2D eigenvalue weighted by molar-refractivity contribution is 7.11. The van der Waals surface area contributed by atoms with Crippen molar-refractivity contribution in [2.75, 3.05) is 13.1 Å². The molecule has 0 spiro atoms. The molecular formula is C17H22Cl2N4OS. The maximum absolute atomic E-state index is 10.3. The minimum atomic E-state index is -0.743. The van der Waals surface area contributed by atoms with E-state index in [0.29, 0.717) is 34.7 Å². The first kappa shape index (κ1) is 20.0. The minimum Gasteiger partial charge on any atom is -0.387 e. The average Bonchev–Trinajstić information content (AvgIpc) is 2.86. The van der Waals surface area contributed by atoms with E-state index in [-0.39, 0.29) is 0 Å². The topological polar surface area (TPSA) is 69.5 Å². The summed E-state index contributed by atoms with van der Waals surface area (Å²) in [4.78, 5) is 10.1. The van der Waals surface area contributed by atoms with Crippen LogP contribution in [-0.4, -0.2) is 29.1 Å². The number of aromatic nitrogens is 1. The van der Waals surface area contributed by atoms with E-state index in [1.807, 2.05) is 20.8 Å². The molecule has 2 aromatic rings. The van der Waals surface area contributed by atoms with Gasteiger partial charge < -0.3 is 15.7 Å². The van der Waals surface area contributed by atoms with E-state index in [1.165, 1.54) is 0 Å². The van der Waals surface area contributed by atoms with Gasteiger partial charge in [-0.15, -0.1) is 11.3 Å². The molecule has 136 valence electrons. The summed E-state index contributed by atoms with van der Waals surface area (Å²) >= 11 is 13.6. The second-order valence-electron chi connectivity index (χ2n) is 5.54. The zero-order valence-corrected chi connectivity index (χ0v) is 16.8. The summed E-state index contributed by atoms with van der Waals surface area (Å²) in [5, 5.41) is 18.7. The van der Waals surface area contributed by atoms with Crippen LogP contribution in [0, 0.1) is 13.8 Å². The fraction of sp³-hybridized carbons (Fsp3) is 0.412. The number of hydrogen-bond acceptors (Lipinski definition) is 4. The molecule has 0 aliphatic carbocycles. The van der Waals surface area contributed by atoms with E-state index in [9.17, 15) is 5.11 Å². The zero-order valence-electron chi connectivity index (χ0n) is 14.4. The summed E-state index contributed by atoms with van der Waals surface area (Å²) in [6.45, 7) is 7.54. The number of aliphatic hydroxyl groups excluding tert-OH is 1. The Morgan fingerprint density at radius 1 is 1.24 bits per heavy atom. The second kappa shape index (κ2) is 9.38. The van der Waals surface area contributed by atoms with E-state index in [0.717, 1.165) is 22.1 Å². The Labute approximate surface area is 162 Å². The molecule has 0 saturated heterocycles. The molecule has 25 heavy (non-hydrogen) atoms. The molecule has 0 aliphatic rings. The van der Waals surface area contributed by atoms with Crippen LogP contribution in [0.5, 0.6) is 0 Å². The van der Waals surface area contributed by atoms with E-state index in [1.54, 1.807) is 29.5 Å². The molecule has 2 rings (SSSR count). The molecule has 1 atom stereocenters. The summed E-state index contributed by atoms with van der Waals surface area (Å²) < 4.78 is 0. The third-order valence-electron chi connectivity index (χ3n) is 3.46. The third kappa shape index (κ3) is 6.15. The van der Waals surface area contributed by atoms with Gasteiger partial charge in [0.2, 0.25) is 0 Å². The van der Waals surface area contributed by atoms with Crippen molar-refractivity contribution in [2.24, 2.45) is 4.99 Å². The van der Waals surface area contributed by atoms with Gasteiger partial charge in [0.05, 0.1) is 23.4 Å². The number of rotatable bonds is 6. The summed E-state index contributed by atoms with van der Waals surface area (Å²) in [6, 6.07) is 5.04. The van der Waals surface area contributed by atoms with Crippen molar-refractivity contribution in [3.8, 4) is 0 Å². The van der Waals surface area contributed by atoms with Crippen molar-refractivity contribution in [2.45, 2.75) is 33.4 Å². The first-order valence-corrected chi connectivity index (χ1v) is 9.55. The van der Waals surface area contributed by atoms with Crippen LogP contribution in [0.4, 0.5) is 0 Å². The quantitative estimate of drug-likeness (QED) is 0.508. The summed E-state index contributed by atoms with van der Waals surface area (Å²) in [6.07, 6.45) is -0.743. The fourth-order valence-electron chi connectivity index (χ4n) is 2.29. The summed E-state index contributed by atoms with van der Waals surface area (Å²) in [5.41, 5.74) is 1.67. The van der Waals surface area contributed by atoms with Gasteiger partial charge in [-0.25, -0.2) is 9.98 Å². The van der Waals surface area contributed by atoms with E-state index in [2.05, 4.69) is 20.6 Å². The number of nitrogens with one attached hydrogen (secondary N) is 2. The van der Waals surface area contributed by atoms with Crippen LogP contribution >= 0.6 is 34.5 Å². The van der Waals surface area contributed by atoms with Crippen LogP contribution in [0.15, 0.2) is 23.2 Å². The highest BCUT2D eigenvalue weighted by Crippen LogP contribution is 2.23. The van der Waals surface area contributed by atoms with Gasteiger partial charge in [0, 0.05) is 28.0 Å². The van der Waals surface area contributed by atoms with Crippen LogP contribution in [0.3, 0.4) is 0 Å². The molecule has 1 unspecified atom stereocenters. The first-order chi connectivity index (χ1) is 11.9. The summed E-state index contributed by atoms with van der Waals surface area (Å²) in [7, 11) is 0. The van der Waals surface area contributed by atoms with Crippen LogP contribution in [0.25, 0.3) is 0 Å². The highest BCUT2D eigenvalue weighted by Gasteiger charge is 2.11. The average molecular weight is 401 g/mol. The molecule has 0 bridgehead atoms. The zero-order chi connectivity index (χ0) is 18.4. The maximum Gasteiger partial charge on any atom is 0.191 e. The Kier molecular flexibility index (Phi) is 7.50. The molecule has 1 aromatic heterocycles.